The molecule has 106 valence electrons. The Labute approximate surface area is 118 Å². The van der Waals surface area contributed by atoms with E-state index in [0.29, 0.717) is 0 Å². The fraction of sp³-hybridized carbons (Fsp3) is 0.846. The van der Waals surface area contributed by atoms with Crippen LogP contribution in [0, 0.1) is 0 Å². The molecule has 2 fully saturated rings. The van der Waals surface area contributed by atoms with Crippen molar-refractivity contribution in [3.63, 3.8) is 0 Å². The van der Waals surface area contributed by atoms with Crippen molar-refractivity contribution >= 4 is 11.8 Å². The summed E-state index contributed by atoms with van der Waals surface area (Å²) in [6.45, 7) is 5.69. The fourth-order valence-electron chi connectivity index (χ4n) is 2.92. The van der Waals surface area contributed by atoms with Gasteiger partial charge < -0.3 is 4.52 Å². The summed E-state index contributed by atoms with van der Waals surface area (Å²) in [5, 5.41) is 3.98. The van der Waals surface area contributed by atoms with Crippen molar-refractivity contribution in [2.45, 2.75) is 37.6 Å². The van der Waals surface area contributed by atoms with Crippen molar-refractivity contribution in [2.24, 2.45) is 0 Å². The number of piperidine rings is 1. The van der Waals surface area contributed by atoms with E-state index in [-0.39, 0.29) is 0 Å². The number of hydrogen-bond acceptors (Lipinski definition) is 6. The molecule has 0 N–H and O–H groups in total. The van der Waals surface area contributed by atoms with Crippen LogP contribution in [0.3, 0.4) is 0 Å². The maximum absolute atomic E-state index is 5.27. The summed E-state index contributed by atoms with van der Waals surface area (Å²) >= 11 is 1.72. The Hall–Kier alpha value is -0.590. The van der Waals surface area contributed by atoms with Gasteiger partial charge in [-0.3, -0.25) is 9.80 Å². The predicted octanol–water partition coefficient (Wildman–Crippen LogP) is 1.60. The third-order valence-electron chi connectivity index (χ3n) is 3.99. The van der Waals surface area contributed by atoms with Crippen molar-refractivity contribution in [1.29, 1.82) is 0 Å². The minimum absolute atomic E-state index is 0.758. The average Bonchev–Trinajstić information content (AvgIpc) is 2.82. The maximum Gasteiger partial charge on any atom is 0.240 e. The van der Waals surface area contributed by atoms with Crippen LogP contribution < -0.4 is 0 Å². The van der Waals surface area contributed by atoms with E-state index in [1.54, 1.807) is 11.8 Å². The molecule has 1 aromatic rings. The third-order valence-corrected chi connectivity index (χ3v) is 4.53. The van der Waals surface area contributed by atoms with Crippen molar-refractivity contribution in [2.75, 3.05) is 32.4 Å². The lowest BCUT2D eigenvalue weighted by atomic mass is 10.0. The molecule has 0 amide bonds. The fourth-order valence-corrected chi connectivity index (χ4v) is 3.30. The Bertz CT molecular complexity index is 399. The lowest BCUT2D eigenvalue weighted by Crippen LogP contribution is -2.59. The SMILES string of the molecule is CSCc1noc(CN2CC(N3CCCCC3)C2)n1. The summed E-state index contributed by atoms with van der Waals surface area (Å²) in [7, 11) is 0. The molecule has 0 atom stereocenters. The van der Waals surface area contributed by atoms with Crippen LogP contribution >= 0.6 is 11.8 Å². The number of hydrogen-bond donors (Lipinski definition) is 0. The van der Waals surface area contributed by atoms with Crippen molar-refractivity contribution in [3.05, 3.63) is 11.7 Å². The molecule has 5 nitrogen and oxygen atoms in total. The van der Waals surface area contributed by atoms with Gasteiger partial charge in [-0.25, -0.2) is 0 Å². The highest BCUT2D eigenvalue weighted by molar-refractivity contribution is 7.97. The smallest absolute Gasteiger partial charge is 0.240 e. The lowest BCUT2D eigenvalue weighted by molar-refractivity contribution is 0.0131. The second kappa shape index (κ2) is 6.24. The Kier molecular flexibility index (Phi) is 4.40. The molecule has 19 heavy (non-hydrogen) atoms. The summed E-state index contributed by atoms with van der Waals surface area (Å²) in [5.74, 6) is 2.41. The number of rotatable bonds is 5. The molecule has 0 aliphatic carbocycles. The summed E-state index contributed by atoms with van der Waals surface area (Å²) < 4.78 is 5.27. The Morgan fingerprint density at radius 2 is 2.05 bits per heavy atom. The first-order valence-corrected chi connectivity index (χ1v) is 8.51. The summed E-state index contributed by atoms with van der Waals surface area (Å²) in [6, 6.07) is 0.758. The monoisotopic (exact) mass is 282 g/mol. The van der Waals surface area contributed by atoms with Gasteiger partial charge >= 0.3 is 0 Å². The highest BCUT2D eigenvalue weighted by atomic mass is 32.2. The topological polar surface area (TPSA) is 45.4 Å². The van der Waals surface area contributed by atoms with Gasteiger partial charge in [0.2, 0.25) is 5.89 Å². The second-order valence-corrected chi connectivity index (χ2v) is 6.35. The Morgan fingerprint density at radius 1 is 1.26 bits per heavy atom. The number of thioether (sulfide) groups is 1. The highest BCUT2D eigenvalue weighted by Gasteiger charge is 2.32. The van der Waals surface area contributed by atoms with E-state index in [1.165, 1.54) is 32.4 Å². The van der Waals surface area contributed by atoms with E-state index in [4.69, 9.17) is 4.52 Å². The largest absolute Gasteiger partial charge is 0.338 e. The molecule has 0 unspecified atom stereocenters. The summed E-state index contributed by atoms with van der Waals surface area (Å²) in [5.41, 5.74) is 0. The molecule has 0 radical (unpaired) electrons. The number of likely N-dealkylation sites (tertiary alicyclic amines) is 2. The van der Waals surface area contributed by atoms with E-state index < -0.39 is 0 Å². The molecular formula is C13H22N4OS. The van der Waals surface area contributed by atoms with Gasteiger partial charge in [0, 0.05) is 19.1 Å². The zero-order chi connectivity index (χ0) is 13.1. The van der Waals surface area contributed by atoms with Crippen LogP contribution in [0.15, 0.2) is 4.52 Å². The van der Waals surface area contributed by atoms with Gasteiger partial charge in [-0.05, 0) is 32.2 Å². The van der Waals surface area contributed by atoms with E-state index in [0.717, 1.165) is 43.1 Å². The minimum atomic E-state index is 0.758. The summed E-state index contributed by atoms with van der Waals surface area (Å²) in [6.07, 6.45) is 6.21. The van der Waals surface area contributed by atoms with Crippen LogP contribution in [-0.4, -0.2) is 58.4 Å². The van der Waals surface area contributed by atoms with Gasteiger partial charge in [0.25, 0.3) is 0 Å². The zero-order valence-electron chi connectivity index (χ0n) is 11.5. The molecule has 0 saturated carbocycles. The first-order chi connectivity index (χ1) is 9.35. The molecule has 1 aromatic heterocycles. The van der Waals surface area contributed by atoms with Crippen LogP contribution in [0.5, 0.6) is 0 Å². The van der Waals surface area contributed by atoms with Crippen molar-refractivity contribution in [1.82, 2.24) is 19.9 Å². The minimum Gasteiger partial charge on any atom is -0.338 e. The van der Waals surface area contributed by atoms with Gasteiger partial charge in [0.05, 0.1) is 12.3 Å². The molecule has 6 heteroatoms. The van der Waals surface area contributed by atoms with Gasteiger partial charge in [-0.2, -0.15) is 16.7 Å². The van der Waals surface area contributed by atoms with Crippen LogP contribution in [0.1, 0.15) is 31.0 Å². The van der Waals surface area contributed by atoms with E-state index in [1.807, 2.05) is 0 Å². The first kappa shape index (κ1) is 13.4. The molecular weight excluding hydrogens is 260 g/mol. The highest BCUT2D eigenvalue weighted by Crippen LogP contribution is 2.21. The Balaban J connectivity index is 1.42. The van der Waals surface area contributed by atoms with Gasteiger partial charge in [-0.1, -0.05) is 11.6 Å². The van der Waals surface area contributed by atoms with Crippen molar-refractivity contribution < 1.29 is 4.52 Å². The second-order valence-electron chi connectivity index (χ2n) is 5.48. The maximum atomic E-state index is 5.27. The molecule has 3 rings (SSSR count). The molecule has 2 aliphatic rings. The lowest BCUT2D eigenvalue weighted by Gasteiger charge is -2.46. The Morgan fingerprint density at radius 3 is 2.79 bits per heavy atom. The number of aromatic nitrogens is 2. The van der Waals surface area contributed by atoms with E-state index >= 15 is 0 Å². The van der Waals surface area contributed by atoms with Gasteiger partial charge in [-0.15, -0.1) is 0 Å². The van der Waals surface area contributed by atoms with E-state index in [9.17, 15) is 0 Å². The van der Waals surface area contributed by atoms with Crippen LogP contribution in [0.25, 0.3) is 0 Å². The molecule has 2 aliphatic heterocycles. The molecule has 0 spiro atoms. The molecule has 3 heterocycles. The quantitative estimate of drug-likeness (QED) is 0.817. The standard InChI is InChI=1S/C13H22N4OS/c1-19-10-12-14-13(18-15-12)9-16-7-11(8-16)17-5-3-2-4-6-17/h11H,2-10H2,1H3. The molecule has 0 aromatic carbocycles. The normalized spacial score (nSPS) is 22.6. The zero-order valence-corrected chi connectivity index (χ0v) is 12.4. The third kappa shape index (κ3) is 3.30. The van der Waals surface area contributed by atoms with Gasteiger partial charge in [0.1, 0.15) is 0 Å². The predicted molar refractivity (Wildman–Crippen MR) is 76.0 cm³/mol. The van der Waals surface area contributed by atoms with Crippen LogP contribution in [0.2, 0.25) is 0 Å². The van der Waals surface area contributed by atoms with Crippen LogP contribution in [0.4, 0.5) is 0 Å². The average molecular weight is 282 g/mol. The van der Waals surface area contributed by atoms with Crippen LogP contribution in [-0.2, 0) is 12.3 Å². The first-order valence-electron chi connectivity index (χ1n) is 7.12. The molecule has 2 saturated heterocycles. The summed E-state index contributed by atoms with van der Waals surface area (Å²) in [4.78, 5) is 9.45. The van der Waals surface area contributed by atoms with E-state index in [2.05, 4.69) is 26.2 Å². The number of nitrogens with zero attached hydrogens (tertiary/aromatic N) is 4. The van der Waals surface area contributed by atoms with Gasteiger partial charge in [0.15, 0.2) is 5.82 Å². The molecule has 0 bridgehead atoms. The van der Waals surface area contributed by atoms with Crippen molar-refractivity contribution in [3.8, 4) is 0 Å².